The Morgan fingerprint density at radius 2 is 2.29 bits per heavy atom. The predicted octanol–water partition coefficient (Wildman–Crippen LogP) is 0.492. The summed E-state index contributed by atoms with van der Waals surface area (Å²) in [7, 11) is 2.22. The zero-order valence-corrected chi connectivity index (χ0v) is 12.3. The Balaban J connectivity index is 1.76. The van der Waals surface area contributed by atoms with Gasteiger partial charge in [-0.15, -0.1) is 0 Å². The molecular weight excluding hydrogens is 268 g/mol. The number of anilines is 1. The summed E-state index contributed by atoms with van der Waals surface area (Å²) in [6.07, 6.45) is 5.33. The highest BCUT2D eigenvalue weighted by Gasteiger charge is 2.34. The van der Waals surface area contributed by atoms with E-state index in [1.54, 1.807) is 12.3 Å². The molecule has 3 heterocycles. The van der Waals surface area contributed by atoms with Crippen LogP contribution in [0.3, 0.4) is 0 Å². The van der Waals surface area contributed by atoms with Crippen molar-refractivity contribution in [2.24, 2.45) is 16.8 Å². The molecule has 2 unspecified atom stereocenters. The maximum Gasteiger partial charge on any atom is 0.225 e. The van der Waals surface area contributed by atoms with Crippen LogP contribution in [0.1, 0.15) is 25.0 Å². The van der Waals surface area contributed by atoms with Gasteiger partial charge in [-0.2, -0.15) is 0 Å². The molecule has 0 spiro atoms. The zero-order valence-electron chi connectivity index (χ0n) is 12.3. The van der Waals surface area contributed by atoms with Gasteiger partial charge in [0.15, 0.2) is 5.84 Å². The molecule has 7 nitrogen and oxygen atoms in total. The standard InChI is InChI=1S/C14H22N6O/c1-19-7-2-3-10-9-20(8-5-12(10)19)14-16-6-4-11(17-14)13(15)18-21/h4,6,10,12,21H,2-3,5,7-9H2,1H3,(H2,15,18). The molecule has 3 N–H and O–H groups in total. The Morgan fingerprint density at radius 1 is 1.43 bits per heavy atom. The minimum atomic E-state index is 0.0194. The molecule has 2 fully saturated rings. The van der Waals surface area contributed by atoms with Crippen LogP contribution in [0.15, 0.2) is 17.4 Å². The van der Waals surface area contributed by atoms with Crippen LogP contribution < -0.4 is 10.6 Å². The van der Waals surface area contributed by atoms with Crippen LogP contribution in [0.2, 0.25) is 0 Å². The molecule has 7 heteroatoms. The van der Waals surface area contributed by atoms with Gasteiger partial charge in [-0.3, -0.25) is 0 Å². The quantitative estimate of drug-likeness (QED) is 0.356. The largest absolute Gasteiger partial charge is 0.409 e. The monoisotopic (exact) mass is 290 g/mol. The maximum atomic E-state index is 8.76. The van der Waals surface area contributed by atoms with Crippen LogP contribution in [-0.4, -0.2) is 58.6 Å². The van der Waals surface area contributed by atoms with Crippen molar-refractivity contribution >= 4 is 11.8 Å². The Bertz CT molecular complexity index is 534. The first-order chi connectivity index (χ1) is 10.2. The molecule has 0 saturated carbocycles. The van der Waals surface area contributed by atoms with E-state index >= 15 is 0 Å². The SMILES string of the molecule is CN1CCCC2CN(c3nccc(/C(N)=N/O)n3)CCC21. The summed E-state index contributed by atoms with van der Waals surface area (Å²) < 4.78 is 0. The van der Waals surface area contributed by atoms with Crippen LogP contribution in [0.4, 0.5) is 5.95 Å². The van der Waals surface area contributed by atoms with Crippen molar-refractivity contribution in [3.8, 4) is 0 Å². The molecule has 3 rings (SSSR count). The average Bonchev–Trinajstić information content (AvgIpc) is 2.54. The normalized spacial score (nSPS) is 27.5. The molecule has 0 amide bonds. The molecule has 2 atom stereocenters. The van der Waals surface area contributed by atoms with E-state index in [1.807, 2.05) is 0 Å². The zero-order chi connectivity index (χ0) is 14.8. The first-order valence-electron chi connectivity index (χ1n) is 7.45. The molecule has 114 valence electrons. The number of likely N-dealkylation sites (tertiary alicyclic amines) is 1. The van der Waals surface area contributed by atoms with Crippen LogP contribution in [0.5, 0.6) is 0 Å². The number of aromatic nitrogens is 2. The van der Waals surface area contributed by atoms with E-state index in [9.17, 15) is 0 Å². The summed E-state index contributed by atoms with van der Waals surface area (Å²) in [5, 5.41) is 11.8. The van der Waals surface area contributed by atoms with E-state index in [1.165, 1.54) is 19.4 Å². The smallest absolute Gasteiger partial charge is 0.225 e. The van der Waals surface area contributed by atoms with E-state index in [-0.39, 0.29) is 5.84 Å². The van der Waals surface area contributed by atoms with Gasteiger partial charge in [0.25, 0.3) is 0 Å². The lowest BCUT2D eigenvalue weighted by molar-refractivity contribution is 0.102. The van der Waals surface area contributed by atoms with E-state index in [0.717, 1.165) is 19.5 Å². The molecule has 2 aliphatic heterocycles. The minimum absolute atomic E-state index is 0.0194. The highest BCUT2D eigenvalue weighted by molar-refractivity contribution is 5.95. The number of amidine groups is 1. The molecular formula is C14H22N6O. The van der Waals surface area contributed by atoms with Crippen molar-refractivity contribution in [3.05, 3.63) is 18.0 Å². The average molecular weight is 290 g/mol. The van der Waals surface area contributed by atoms with Gasteiger partial charge in [-0.05, 0) is 44.8 Å². The second-order valence-electron chi connectivity index (χ2n) is 5.91. The lowest BCUT2D eigenvalue weighted by Crippen LogP contribution is -2.53. The lowest BCUT2D eigenvalue weighted by Gasteiger charge is -2.45. The minimum Gasteiger partial charge on any atom is -0.409 e. The summed E-state index contributed by atoms with van der Waals surface area (Å²) in [6, 6.07) is 2.34. The number of oxime groups is 1. The number of rotatable bonds is 2. The summed E-state index contributed by atoms with van der Waals surface area (Å²) in [5.41, 5.74) is 6.06. The number of nitrogens with zero attached hydrogens (tertiary/aromatic N) is 5. The lowest BCUT2D eigenvalue weighted by atomic mass is 9.84. The summed E-state index contributed by atoms with van der Waals surface area (Å²) >= 11 is 0. The van der Waals surface area contributed by atoms with Crippen LogP contribution in [0, 0.1) is 5.92 Å². The van der Waals surface area contributed by atoms with Crippen LogP contribution in [0.25, 0.3) is 0 Å². The number of hydrogen-bond donors (Lipinski definition) is 2. The summed E-state index contributed by atoms with van der Waals surface area (Å²) in [4.78, 5) is 13.5. The van der Waals surface area contributed by atoms with Gasteiger partial charge in [0.1, 0.15) is 5.69 Å². The van der Waals surface area contributed by atoms with Crippen molar-refractivity contribution in [2.45, 2.75) is 25.3 Å². The second-order valence-corrected chi connectivity index (χ2v) is 5.91. The number of hydrogen-bond acceptors (Lipinski definition) is 6. The van der Waals surface area contributed by atoms with Gasteiger partial charge in [0, 0.05) is 25.3 Å². The fourth-order valence-electron chi connectivity index (χ4n) is 3.53. The first kappa shape index (κ1) is 14.1. The van der Waals surface area contributed by atoms with Crippen molar-refractivity contribution in [1.82, 2.24) is 14.9 Å². The van der Waals surface area contributed by atoms with E-state index in [2.05, 4.69) is 32.0 Å². The van der Waals surface area contributed by atoms with Gasteiger partial charge in [-0.1, -0.05) is 5.16 Å². The van der Waals surface area contributed by atoms with Crippen molar-refractivity contribution in [2.75, 3.05) is 31.6 Å². The molecule has 21 heavy (non-hydrogen) atoms. The van der Waals surface area contributed by atoms with Gasteiger partial charge >= 0.3 is 0 Å². The predicted molar refractivity (Wildman–Crippen MR) is 80.5 cm³/mol. The molecule has 2 saturated heterocycles. The third kappa shape index (κ3) is 2.78. The Labute approximate surface area is 124 Å². The maximum absolute atomic E-state index is 8.76. The topological polar surface area (TPSA) is 90.9 Å². The van der Waals surface area contributed by atoms with Gasteiger partial charge in [-0.25, -0.2) is 9.97 Å². The van der Waals surface area contributed by atoms with Crippen molar-refractivity contribution < 1.29 is 5.21 Å². The molecule has 0 aliphatic carbocycles. The molecule has 0 aromatic carbocycles. The van der Waals surface area contributed by atoms with E-state index in [4.69, 9.17) is 10.9 Å². The fourth-order valence-corrected chi connectivity index (χ4v) is 3.53. The number of fused-ring (bicyclic) bond motifs is 1. The molecule has 2 aliphatic rings. The fraction of sp³-hybridized carbons (Fsp3) is 0.643. The Morgan fingerprint density at radius 3 is 3.10 bits per heavy atom. The van der Waals surface area contributed by atoms with Crippen LogP contribution in [-0.2, 0) is 0 Å². The number of nitrogens with two attached hydrogens (primary N) is 1. The second kappa shape index (κ2) is 5.85. The third-order valence-corrected chi connectivity index (χ3v) is 4.64. The van der Waals surface area contributed by atoms with E-state index in [0.29, 0.717) is 23.6 Å². The summed E-state index contributed by atoms with van der Waals surface area (Å²) in [5.74, 6) is 1.37. The highest BCUT2D eigenvalue weighted by Crippen LogP contribution is 2.30. The highest BCUT2D eigenvalue weighted by atomic mass is 16.4. The van der Waals surface area contributed by atoms with E-state index < -0.39 is 0 Å². The molecule has 0 bridgehead atoms. The van der Waals surface area contributed by atoms with Gasteiger partial charge in [0.05, 0.1) is 0 Å². The molecule has 1 aromatic heterocycles. The Kier molecular flexibility index (Phi) is 3.92. The molecule has 0 radical (unpaired) electrons. The first-order valence-corrected chi connectivity index (χ1v) is 7.45. The number of piperidine rings is 2. The molecule has 1 aromatic rings. The van der Waals surface area contributed by atoms with Crippen LogP contribution >= 0.6 is 0 Å². The third-order valence-electron chi connectivity index (χ3n) is 4.64. The van der Waals surface area contributed by atoms with Crippen molar-refractivity contribution in [3.63, 3.8) is 0 Å². The summed E-state index contributed by atoms with van der Waals surface area (Å²) in [6.45, 7) is 3.14. The Hall–Kier alpha value is -1.89. The van der Waals surface area contributed by atoms with Gasteiger partial charge in [0.2, 0.25) is 5.95 Å². The van der Waals surface area contributed by atoms with Gasteiger partial charge < -0.3 is 20.7 Å². The van der Waals surface area contributed by atoms with Crippen molar-refractivity contribution in [1.29, 1.82) is 0 Å².